The standard InChI is InChI=1S/C14H17N3O4/c1-10(18)16(11-6-4-5-7-12(11)21-3)9-17-13(19)8-15(2)14(17)20/h4-7H,8-9H2,1-3H3. The molecular weight excluding hydrogens is 274 g/mol. The molecule has 7 nitrogen and oxygen atoms in total. The van der Waals surface area contributed by atoms with E-state index < -0.39 is 6.03 Å². The van der Waals surface area contributed by atoms with Crippen LogP contribution in [0, 0.1) is 0 Å². The van der Waals surface area contributed by atoms with Gasteiger partial charge < -0.3 is 9.64 Å². The Hall–Kier alpha value is -2.57. The predicted molar refractivity (Wildman–Crippen MR) is 75.9 cm³/mol. The highest BCUT2D eigenvalue weighted by atomic mass is 16.5. The lowest BCUT2D eigenvalue weighted by molar-refractivity contribution is -0.125. The lowest BCUT2D eigenvalue weighted by Gasteiger charge is -2.26. The van der Waals surface area contributed by atoms with Gasteiger partial charge in [0.15, 0.2) is 0 Å². The monoisotopic (exact) mass is 291 g/mol. The predicted octanol–water partition coefficient (Wildman–Crippen LogP) is 0.900. The number of carbonyl (C=O) groups is 3. The SMILES string of the molecule is COc1ccccc1N(CN1C(=O)CN(C)C1=O)C(C)=O. The fraction of sp³-hybridized carbons (Fsp3) is 0.357. The second-order valence-corrected chi connectivity index (χ2v) is 4.72. The molecule has 0 atom stereocenters. The maximum absolute atomic E-state index is 11.9. The summed E-state index contributed by atoms with van der Waals surface area (Å²) in [6, 6.07) is 6.54. The molecule has 0 radical (unpaired) electrons. The Morgan fingerprint density at radius 1 is 1.33 bits per heavy atom. The summed E-state index contributed by atoms with van der Waals surface area (Å²) in [7, 11) is 3.04. The van der Waals surface area contributed by atoms with Crippen molar-refractivity contribution in [2.24, 2.45) is 0 Å². The van der Waals surface area contributed by atoms with E-state index in [0.717, 1.165) is 4.90 Å². The molecule has 1 aromatic carbocycles. The fourth-order valence-corrected chi connectivity index (χ4v) is 2.15. The first kappa shape index (κ1) is 14.8. The molecule has 1 aliphatic rings. The van der Waals surface area contributed by atoms with E-state index in [2.05, 4.69) is 0 Å². The molecule has 4 amide bonds. The van der Waals surface area contributed by atoms with E-state index in [1.807, 2.05) is 0 Å². The molecule has 1 saturated heterocycles. The number of methoxy groups -OCH3 is 1. The van der Waals surface area contributed by atoms with Crippen LogP contribution >= 0.6 is 0 Å². The lowest BCUT2D eigenvalue weighted by Crippen LogP contribution is -2.44. The second-order valence-electron chi connectivity index (χ2n) is 4.72. The summed E-state index contributed by atoms with van der Waals surface area (Å²) in [5.41, 5.74) is 0.516. The number of rotatable bonds is 4. The number of likely N-dealkylation sites (N-methyl/N-ethyl adjacent to an activating group) is 1. The minimum absolute atomic E-state index is 0.0243. The van der Waals surface area contributed by atoms with Crippen LogP contribution in [0.3, 0.4) is 0 Å². The van der Waals surface area contributed by atoms with Crippen LogP contribution in [0.4, 0.5) is 10.5 Å². The molecule has 21 heavy (non-hydrogen) atoms. The van der Waals surface area contributed by atoms with Crippen LogP contribution in [0.15, 0.2) is 24.3 Å². The number of hydrogen-bond acceptors (Lipinski definition) is 4. The molecule has 7 heteroatoms. The number of amides is 4. The maximum atomic E-state index is 11.9. The summed E-state index contributed by atoms with van der Waals surface area (Å²) >= 11 is 0. The van der Waals surface area contributed by atoms with Crippen molar-refractivity contribution in [3.05, 3.63) is 24.3 Å². The zero-order valence-corrected chi connectivity index (χ0v) is 12.2. The quantitative estimate of drug-likeness (QED) is 0.773. The largest absolute Gasteiger partial charge is 0.495 e. The Bertz CT molecular complexity index is 587. The molecule has 2 rings (SSSR count). The normalized spacial score (nSPS) is 14.6. The van der Waals surface area contributed by atoms with E-state index in [9.17, 15) is 14.4 Å². The Morgan fingerprint density at radius 3 is 2.52 bits per heavy atom. The average molecular weight is 291 g/mol. The van der Waals surface area contributed by atoms with Gasteiger partial charge in [-0.05, 0) is 12.1 Å². The van der Waals surface area contributed by atoms with E-state index in [0.29, 0.717) is 11.4 Å². The number of nitrogens with zero attached hydrogens (tertiary/aromatic N) is 3. The number of hydrogen-bond donors (Lipinski definition) is 0. The van der Waals surface area contributed by atoms with E-state index in [4.69, 9.17) is 4.74 Å². The molecule has 0 spiro atoms. The summed E-state index contributed by atoms with van der Waals surface area (Å²) in [5, 5.41) is 0. The van der Waals surface area contributed by atoms with Crippen molar-refractivity contribution in [2.75, 3.05) is 32.3 Å². The summed E-state index contributed by atoms with van der Waals surface area (Å²) < 4.78 is 5.22. The number of urea groups is 1. The average Bonchev–Trinajstić information content (AvgIpc) is 2.70. The van der Waals surface area contributed by atoms with Crippen molar-refractivity contribution < 1.29 is 19.1 Å². The van der Waals surface area contributed by atoms with Gasteiger partial charge in [0, 0.05) is 14.0 Å². The smallest absolute Gasteiger partial charge is 0.328 e. The van der Waals surface area contributed by atoms with Crippen molar-refractivity contribution in [1.82, 2.24) is 9.80 Å². The van der Waals surface area contributed by atoms with E-state index in [1.54, 1.807) is 31.3 Å². The van der Waals surface area contributed by atoms with Gasteiger partial charge in [0.05, 0.1) is 12.8 Å². The molecule has 0 bridgehead atoms. The van der Waals surface area contributed by atoms with Crippen LogP contribution in [0.1, 0.15) is 6.92 Å². The van der Waals surface area contributed by atoms with Gasteiger partial charge in [0.25, 0.3) is 5.91 Å². The number of carbonyl (C=O) groups excluding carboxylic acids is 3. The van der Waals surface area contributed by atoms with E-state index in [-0.39, 0.29) is 25.0 Å². The highest BCUT2D eigenvalue weighted by molar-refractivity contribution is 6.03. The minimum Gasteiger partial charge on any atom is -0.495 e. The Morgan fingerprint density at radius 2 is 2.00 bits per heavy atom. The number of ether oxygens (including phenoxy) is 1. The topological polar surface area (TPSA) is 70.2 Å². The molecule has 0 N–H and O–H groups in total. The van der Waals surface area contributed by atoms with Crippen molar-refractivity contribution in [2.45, 2.75) is 6.92 Å². The van der Waals surface area contributed by atoms with Crippen LogP contribution < -0.4 is 9.64 Å². The van der Waals surface area contributed by atoms with Gasteiger partial charge >= 0.3 is 6.03 Å². The third-order valence-electron chi connectivity index (χ3n) is 3.27. The van der Waals surface area contributed by atoms with E-state index in [1.165, 1.54) is 23.8 Å². The van der Waals surface area contributed by atoms with Gasteiger partial charge in [-0.25, -0.2) is 9.69 Å². The second kappa shape index (κ2) is 5.82. The van der Waals surface area contributed by atoms with Crippen LogP contribution in [-0.4, -0.2) is 55.0 Å². The highest BCUT2D eigenvalue weighted by Gasteiger charge is 2.35. The Kier molecular flexibility index (Phi) is 4.11. The van der Waals surface area contributed by atoms with Crippen molar-refractivity contribution >= 4 is 23.5 Å². The molecule has 1 heterocycles. The molecule has 1 aromatic rings. The van der Waals surface area contributed by atoms with Gasteiger partial charge in [-0.15, -0.1) is 0 Å². The van der Waals surface area contributed by atoms with Gasteiger partial charge in [0.1, 0.15) is 19.0 Å². The van der Waals surface area contributed by atoms with Crippen molar-refractivity contribution in [1.29, 1.82) is 0 Å². The number of para-hydroxylation sites is 2. The van der Waals surface area contributed by atoms with Crippen LogP contribution in [-0.2, 0) is 9.59 Å². The lowest BCUT2D eigenvalue weighted by atomic mass is 10.2. The van der Waals surface area contributed by atoms with Gasteiger partial charge in [-0.3, -0.25) is 14.5 Å². The van der Waals surface area contributed by atoms with Gasteiger partial charge in [-0.1, -0.05) is 12.1 Å². The summed E-state index contributed by atoms with van der Waals surface area (Å²) in [4.78, 5) is 39.4. The molecule has 0 aromatic heterocycles. The Labute approximate surface area is 122 Å². The van der Waals surface area contributed by atoms with Gasteiger partial charge in [0.2, 0.25) is 5.91 Å². The van der Waals surface area contributed by atoms with E-state index >= 15 is 0 Å². The number of benzene rings is 1. The first-order chi connectivity index (χ1) is 9.95. The molecule has 1 aliphatic heterocycles. The first-order valence-electron chi connectivity index (χ1n) is 6.42. The molecule has 1 fully saturated rings. The highest BCUT2D eigenvalue weighted by Crippen LogP contribution is 2.28. The van der Waals surface area contributed by atoms with Crippen molar-refractivity contribution in [3.63, 3.8) is 0 Å². The van der Waals surface area contributed by atoms with Crippen molar-refractivity contribution in [3.8, 4) is 5.75 Å². The molecule has 0 saturated carbocycles. The molecule has 0 aliphatic carbocycles. The van der Waals surface area contributed by atoms with Crippen LogP contribution in [0.5, 0.6) is 5.75 Å². The van der Waals surface area contributed by atoms with Gasteiger partial charge in [-0.2, -0.15) is 0 Å². The number of imide groups is 1. The van der Waals surface area contributed by atoms with Crippen LogP contribution in [0.25, 0.3) is 0 Å². The zero-order chi connectivity index (χ0) is 15.6. The summed E-state index contributed by atoms with van der Waals surface area (Å²) in [6.07, 6.45) is 0. The Balaban J connectivity index is 2.31. The third kappa shape index (κ3) is 2.81. The number of anilines is 1. The summed E-state index contributed by atoms with van der Waals surface area (Å²) in [5.74, 6) is -0.113. The zero-order valence-electron chi connectivity index (χ0n) is 12.2. The maximum Gasteiger partial charge on any atom is 0.328 e. The molecule has 112 valence electrons. The summed E-state index contributed by atoms with van der Waals surface area (Å²) in [6.45, 7) is 1.27. The van der Waals surface area contributed by atoms with Crippen LogP contribution in [0.2, 0.25) is 0 Å². The first-order valence-corrected chi connectivity index (χ1v) is 6.42. The molecular formula is C14H17N3O4. The third-order valence-corrected chi connectivity index (χ3v) is 3.27. The fourth-order valence-electron chi connectivity index (χ4n) is 2.15. The minimum atomic E-state index is -0.416. The molecule has 0 unspecified atom stereocenters.